The molecular formula is C7H13NS. The lowest BCUT2D eigenvalue weighted by Crippen LogP contribution is -2.26. The number of thioether (sulfide) groups is 1. The van der Waals surface area contributed by atoms with E-state index in [1.165, 1.54) is 31.6 Å². The van der Waals surface area contributed by atoms with Gasteiger partial charge in [-0.3, -0.25) is 0 Å². The molecule has 0 aromatic carbocycles. The van der Waals surface area contributed by atoms with Crippen molar-refractivity contribution in [3.63, 3.8) is 0 Å². The first-order valence-electron chi connectivity index (χ1n) is 3.80. The second kappa shape index (κ2) is 2.51. The Morgan fingerprint density at radius 2 is 2.33 bits per heavy atom. The van der Waals surface area contributed by atoms with Crippen molar-refractivity contribution in [1.29, 1.82) is 0 Å². The fourth-order valence-corrected chi connectivity index (χ4v) is 3.01. The molecule has 2 atom stereocenters. The Kier molecular flexibility index (Phi) is 1.68. The summed E-state index contributed by atoms with van der Waals surface area (Å²) in [6, 6.07) is 0.880. The summed E-state index contributed by atoms with van der Waals surface area (Å²) < 4.78 is 0. The van der Waals surface area contributed by atoms with Gasteiger partial charge in [0.15, 0.2) is 0 Å². The molecule has 1 saturated heterocycles. The van der Waals surface area contributed by atoms with Gasteiger partial charge in [0.25, 0.3) is 0 Å². The summed E-state index contributed by atoms with van der Waals surface area (Å²) in [4.78, 5) is 0. The van der Waals surface area contributed by atoms with Crippen molar-refractivity contribution in [2.75, 3.05) is 12.3 Å². The van der Waals surface area contributed by atoms with Crippen LogP contribution in [0.4, 0.5) is 0 Å². The van der Waals surface area contributed by atoms with Crippen molar-refractivity contribution in [3.05, 3.63) is 0 Å². The molecule has 1 aliphatic carbocycles. The van der Waals surface area contributed by atoms with Crippen LogP contribution in [0.25, 0.3) is 0 Å². The lowest BCUT2D eigenvalue weighted by Gasteiger charge is -2.08. The molecule has 1 heterocycles. The monoisotopic (exact) mass is 143 g/mol. The Balaban J connectivity index is 1.99. The van der Waals surface area contributed by atoms with Crippen LogP contribution in [0.3, 0.4) is 0 Å². The van der Waals surface area contributed by atoms with E-state index in [0.29, 0.717) is 0 Å². The van der Waals surface area contributed by atoms with Crippen LogP contribution < -0.4 is 5.32 Å². The normalized spacial score (nSPS) is 42.7. The smallest absolute Gasteiger partial charge is 0.00783 e. The quantitative estimate of drug-likeness (QED) is 0.547. The Labute approximate surface area is 60.6 Å². The summed E-state index contributed by atoms with van der Waals surface area (Å²) in [5, 5.41) is 4.56. The standard InChI is InChI=1S/C7H13NS/c1-2-7-5-6(1)8-3-4-9-7/h6-8H,1-5H2. The molecule has 2 heteroatoms. The third-order valence-corrected chi connectivity index (χ3v) is 3.61. The van der Waals surface area contributed by atoms with Crippen LogP contribution >= 0.6 is 11.8 Å². The highest BCUT2D eigenvalue weighted by Crippen LogP contribution is 2.31. The van der Waals surface area contributed by atoms with Gasteiger partial charge in [-0.25, -0.2) is 0 Å². The predicted octanol–water partition coefficient (Wildman–Crippen LogP) is 1.24. The maximum absolute atomic E-state index is 3.55. The Hall–Kier alpha value is 0.310. The van der Waals surface area contributed by atoms with Crippen molar-refractivity contribution in [2.45, 2.75) is 30.6 Å². The second-order valence-corrected chi connectivity index (χ2v) is 4.37. The van der Waals surface area contributed by atoms with Gasteiger partial charge in [0.1, 0.15) is 0 Å². The molecule has 2 aliphatic rings. The molecule has 0 aromatic heterocycles. The summed E-state index contributed by atoms with van der Waals surface area (Å²) >= 11 is 2.16. The predicted molar refractivity (Wildman–Crippen MR) is 41.9 cm³/mol. The van der Waals surface area contributed by atoms with E-state index < -0.39 is 0 Å². The molecule has 2 rings (SSSR count). The first-order valence-corrected chi connectivity index (χ1v) is 4.85. The molecule has 1 saturated carbocycles. The number of fused-ring (bicyclic) bond motifs is 2. The van der Waals surface area contributed by atoms with Gasteiger partial charge in [0.2, 0.25) is 0 Å². The molecule has 2 unspecified atom stereocenters. The molecule has 9 heavy (non-hydrogen) atoms. The number of hydrogen-bond acceptors (Lipinski definition) is 2. The molecule has 0 aromatic rings. The van der Waals surface area contributed by atoms with E-state index >= 15 is 0 Å². The van der Waals surface area contributed by atoms with Gasteiger partial charge >= 0.3 is 0 Å². The summed E-state index contributed by atoms with van der Waals surface area (Å²) in [6.07, 6.45) is 4.32. The summed E-state index contributed by atoms with van der Waals surface area (Å²) in [7, 11) is 0. The second-order valence-electron chi connectivity index (χ2n) is 2.96. The third kappa shape index (κ3) is 1.24. The van der Waals surface area contributed by atoms with Crippen LogP contribution in [0, 0.1) is 0 Å². The Morgan fingerprint density at radius 1 is 1.33 bits per heavy atom. The van der Waals surface area contributed by atoms with Gasteiger partial charge < -0.3 is 5.32 Å². The largest absolute Gasteiger partial charge is 0.313 e. The highest BCUT2D eigenvalue weighted by atomic mass is 32.2. The minimum Gasteiger partial charge on any atom is -0.313 e. The van der Waals surface area contributed by atoms with E-state index in [2.05, 4.69) is 17.1 Å². The molecule has 1 nitrogen and oxygen atoms in total. The van der Waals surface area contributed by atoms with Crippen LogP contribution in [0.2, 0.25) is 0 Å². The van der Waals surface area contributed by atoms with Crippen molar-refractivity contribution >= 4 is 11.8 Å². The third-order valence-electron chi connectivity index (χ3n) is 2.27. The highest BCUT2D eigenvalue weighted by molar-refractivity contribution is 7.99. The summed E-state index contributed by atoms with van der Waals surface area (Å²) in [5.41, 5.74) is 0. The van der Waals surface area contributed by atoms with Crippen LogP contribution in [0.1, 0.15) is 19.3 Å². The van der Waals surface area contributed by atoms with E-state index in [-0.39, 0.29) is 0 Å². The average Bonchev–Trinajstić information content (AvgIpc) is 2.09. The fraction of sp³-hybridized carbons (Fsp3) is 1.00. The molecule has 0 amide bonds. The zero-order valence-electron chi connectivity index (χ0n) is 5.60. The van der Waals surface area contributed by atoms with Crippen molar-refractivity contribution in [2.24, 2.45) is 0 Å². The molecule has 52 valence electrons. The molecule has 0 radical (unpaired) electrons. The molecule has 2 bridgehead atoms. The van der Waals surface area contributed by atoms with Gasteiger partial charge in [-0.15, -0.1) is 0 Å². The molecule has 2 fully saturated rings. The van der Waals surface area contributed by atoms with E-state index in [1.54, 1.807) is 0 Å². The lowest BCUT2D eigenvalue weighted by atomic mass is 10.2. The molecule has 0 spiro atoms. The van der Waals surface area contributed by atoms with Crippen LogP contribution in [0.15, 0.2) is 0 Å². The maximum atomic E-state index is 3.55. The zero-order valence-corrected chi connectivity index (χ0v) is 6.41. The molecule has 1 aliphatic heterocycles. The molecular weight excluding hydrogens is 130 g/mol. The van der Waals surface area contributed by atoms with Gasteiger partial charge in [-0.05, 0) is 19.3 Å². The van der Waals surface area contributed by atoms with E-state index in [0.717, 1.165) is 11.3 Å². The Bertz CT molecular complexity index is 93.1. The first kappa shape index (κ1) is 6.05. The van der Waals surface area contributed by atoms with Crippen LogP contribution in [0.5, 0.6) is 0 Å². The van der Waals surface area contributed by atoms with Crippen LogP contribution in [-0.2, 0) is 0 Å². The fourth-order valence-electron chi connectivity index (χ4n) is 1.77. The van der Waals surface area contributed by atoms with Gasteiger partial charge in [0.05, 0.1) is 0 Å². The van der Waals surface area contributed by atoms with Crippen LogP contribution in [-0.4, -0.2) is 23.6 Å². The van der Waals surface area contributed by atoms with E-state index in [9.17, 15) is 0 Å². The average molecular weight is 143 g/mol. The van der Waals surface area contributed by atoms with Crippen molar-refractivity contribution < 1.29 is 0 Å². The zero-order chi connectivity index (χ0) is 6.10. The SMILES string of the molecule is C1CSC2CCC(C2)N1. The van der Waals surface area contributed by atoms with Crippen molar-refractivity contribution in [1.82, 2.24) is 5.32 Å². The Morgan fingerprint density at radius 3 is 3.33 bits per heavy atom. The van der Waals surface area contributed by atoms with Gasteiger partial charge in [0, 0.05) is 23.6 Å². The van der Waals surface area contributed by atoms with Crippen molar-refractivity contribution in [3.8, 4) is 0 Å². The minimum absolute atomic E-state index is 0.880. The topological polar surface area (TPSA) is 12.0 Å². The molecule has 1 N–H and O–H groups in total. The number of rotatable bonds is 0. The van der Waals surface area contributed by atoms with E-state index in [1.807, 2.05) is 0 Å². The van der Waals surface area contributed by atoms with Gasteiger partial charge in [-0.1, -0.05) is 0 Å². The maximum Gasteiger partial charge on any atom is 0.00783 e. The first-order chi connectivity index (χ1) is 4.45. The number of hydrogen-bond donors (Lipinski definition) is 1. The van der Waals surface area contributed by atoms with Gasteiger partial charge in [-0.2, -0.15) is 11.8 Å². The lowest BCUT2D eigenvalue weighted by molar-refractivity contribution is 0.550. The summed E-state index contributed by atoms with van der Waals surface area (Å²) in [6.45, 7) is 1.24. The summed E-state index contributed by atoms with van der Waals surface area (Å²) in [5.74, 6) is 1.33. The number of nitrogens with one attached hydrogen (secondary N) is 1. The highest BCUT2D eigenvalue weighted by Gasteiger charge is 2.26. The minimum atomic E-state index is 0.880. The van der Waals surface area contributed by atoms with E-state index in [4.69, 9.17) is 0 Å².